The number of nitrogens with one attached hydrogen (secondary N) is 1. The summed E-state index contributed by atoms with van der Waals surface area (Å²) in [5, 5.41) is 13.1. The Kier molecular flexibility index (Phi) is 3.58. The van der Waals surface area contributed by atoms with Crippen molar-refractivity contribution in [2.45, 2.75) is 12.5 Å². The minimum Gasteiger partial charge on any atom is -0.290 e. The normalized spacial score (nSPS) is 30.8. The van der Waals surface area contributed by atoms with Crippen LogP contribution < -0.4 is 5.09 Å². The number of anilines is 1. The van der Waals surface area contributed by atoms with Crippen molar-refractivity contribution in [2.75, 3.05) is 18.3 Å². The van der Waals surface area contributed by atoms with E-state index in [0.717, 1.165) is 0 Å². The molecule has 1 aliphatic heterocycles. The minimum absolute atomic E-state index is 0.0458. The summed E-state index contributed by atoms with van der Waals surface area (Å²) in [5.41, 5.74) is -1.50. The summed E-state index contributed by atoms with van der Waals surface area (Å²) in [4.78, 5) is 10.2. The third-order valence-corrected chi connectivity index (χ3v) is 4.12. The van der Waals surface area contributed by atoms with Gasteiger partial charge in [-0.05, 0) is 12.1 Å². The molecular weight excluding hydrogens is 278 g/mol. The van der Waals surface area contributed by atoms with Crippen molar-refractivity contribution in [3.63, 3.8) is 0 Å². The lowest BCUT2D eigenvalue weighted by Gasteiger charge is -2.30. The number of para-hydroxylation sites is 1. The number of hydrogen-bond donors (Lipinski definition) is 1. The molecule has 19 heavy (non-hydrogen) atoms. The molecule has 0 radical (unpaired) electrons. The van der Waals surface area contributed by atoms with Crippen LogP contribution in [0, 0.1) is 15.9 Å². The number of nitro groups is 1. The van der Waals surface area contributed by atoms with Crippen molar-refractivity contribution in [3.8, 4) is 0 Å². The van der Waals surface area contributed by atoms with Crippen LogP contribution in [0.5, 0.6) is 0 Å². The van der Waals surface area contributed by atoms with Gasteiger partial charge in [0.1, 0.15) is 19.0 Å². The molecule has 0 aromatic heterocycles. The molecule has 0 unspecified atom stereocenters. The molecule has 1 saturated heterocycles. The Hall–Kier alpha value is -1.50. The van der Waals surface area contributed by atoms with E-state index in [1.165, 1.54) is 25.1 Å². The molecule has 0 amide bonds. The third-order valence-electron chi connectivity index (χ3n) is 2.66. The van der Waals surface area contributed by atoms with Crippen LogP contribution in [0.4, 0.5) is 10.1 Å². The molecule has 1 N–H and O–H groups in total. The monoisotopic (exact) mass is 290 g/mol. The SMILES string of the molecule is CC1([N+](=O)[O-])COP(=O)(Nc2ccccc2F)OC1. The highest BCUT2D eigenvalue weighted by Gasteiger charge is 2.48. The largest absolute Gasteiger partial charge is 0.433 e. The zero-order valence-electron chi connectivity index (χ0n) is 10.0. The van der Waals surface area contributed by atoms with E-state index in [9.17, 15) is 19.1 Å². The molecule has 0 aliphatic carbocycles. The topological polar surface area (TPSA) is 90.7 Å². The highest BCUT2D eigenvalue weighted by atomic mass is 31.2. The molecule has 0 atom stereocenters. The van der Waals surface area contributed by atoms with Gasteiger partial charge < -0.3 is 0 Å². The highest BCUT2D eigenvalue weighted by molar-refractivity contribution is 7.55. The van der Waals surface area contributed by atoms with E-state index in [1.54, 1.807) is 6.07 Å². The number of hydrogen-bond acceptors (Lipinski definition) is 5. The van der Waals surface area contributed by atoms with Crippen molar-refractivity contribution in [1.82, 2.24) is 0 Å². The average Bonchev–Trinajstić information content (AvgIpc) is 2.36. The minimum atomic E-state index is -3.78. The van der Waals surface area contributed by atoms with Crippen LogP contribution in [0.1, 0.15) is 6.92 Å². The molecule has 0 bridgehead atoms. The molecule has 1 aromatic rings. The molecule has 2 rings (SSSR count). The van der Waals surface area contributed by atoms with E-state index < -0.39 is 24.0 Å². The van der Waals surface area contributed by atoms with Crippen molar-refractivity contribution in [1.29, 1.82) is 0 Å². The van der Waals surface area contributed by atoms with Gasteiger partial charge in [-0.1, -0.05) is 12.1 Å². The first-order valence-corrected chi connectivity index (χ1v) is 6.95. The Morgan fingerprint density at radius 2 is 2.00 bits per heavy atom. The fourth-order valence-electron chi connectivity index (χ4n) is 1.40. The second-order valence-electron chi connectivity index (χ2n) is 4.39. The van der Waals surface area contributed by atoms with Gasteiger partial charge in [-0.15, -0.1) is 0 Å². The van der Waals surface area contributed by atoms with E-state index >= 15 is 0 Å². The lowest BCUT2D eigenvalue weighted by Crippen LogP contribution is -2.47. The van der Waals surface area contributed by atoms with Crippen LogP contribution >= 0.6 is 7.75 Å². The number of nitrogens with zero attached hydrogens (tertiary/aromatic N) is 1. The number of halogens is 1. The maximum absolute atomic E-state index is 13.4. The van der Waals surface area contributed by atoms with Gasteiger partial charge in [-0.25, -0.2) is 8.96 Å². The van der Waals surface area contributed by atoms with Crippen molar-refractivity contribution in [2.24, 2.45) is 0 Å². The fourth-order valence-corrected chi connectivity index (χ4v) is 2.97. The van der Waals surface area contributed by atoms with Gasteiger partial charge in [0.15, 0.2) is 0 Å². The summed E-state index contributed by atoms with van der Waals surface area (Å²) < 4.78 is 35.3. The van der Waals surface area contributed by atoms with Crippen LogP contribution in [-0.2, 0) is 13.6 Å². The lowest BCUT2D eigenvalue weighted by atomic mass is 10.1. The van der Waals surface area contributed by atoms with E-state index in [4.69, 9.17) is 9.05 Å². The number of benzene rings is 1. The zero-order valence-corrected chi connectivity index (χ0v) is 10.9. The quantitative estimate of drug-likeness (QED) is 0.522. The second-order valence-corrected chi connectivity index (χ2v) is 6.12. The molecule has 104 valence electrons. The highest BCUT2D eigenvalue weighted by Crippen LogP contribution is 2.52. The lowest BCUT2D eigenvalue weighted by molar-refractivity contribution is -0.572. The molecule has 9 heteroatoms. The van der Waals surface area contributed by atoms with Crippen molar-refractivity contribution < 1.29 is 22.9 Å². The van der Waals surface area contributed by atoms with Crippen LogP contribution in [0.3, 0.4) is 0 Å². The van der Waals surface area contributed by atoms with E-state index in [-0.39, 0.29) is 18.9 Å². The molecular formula is C10H12FN2O5P. The molecule has 1 aromatic carbocycles. The molecule has 1 heterocycles. The first-order valence-electron chi connectivity index (χ1n) is 5.41. The Morgan fingerprint density at radius 3 is 2.53 bits per heavy atom. The molecule has 1 aliphatic rings. The maximum atomic E-state index is 13.4. The van der Waals surface area contributed by atoms with E-state index in [2.05, 4.69) is 5.09 Å². The van der Waals surface area contributed by atoms with Crippen LogP contribution in [-0.4, -0.2) is 23.7 Å². The van der Waals surface area contributed by atoms with Crippen LogP contribution in [0.25, 0.3) is 0 Å². The van der Waals surface area contributed by atoms with Crippen molar-refractivity contribution in [3.05, 3.63) is 40.2 Å². The summed E-state index contributed by atoms with van der Waals surface area (Å²) in [6, 6.07) is 5.56. The van der Waals surface area contributed by atoms with Crippen LogP contribution in [0.2, 0.25) is 0 Å². The van der Waals surface area contributed by atoms with Crippen LogP contribution in [0.15, 0.2) is 24.3 Å². The first kappa shape index (κ1) is 13.9. The van der Waals surface area contributed by atoms with Gasteiger partial charge in [0, 0.05) is 11.8 Å². The number of rotatable bonds is 3. The Morgan fingerprint density at radius 1 is 1.42 bits per heavy atom. The van der Waals surface area contributed by atoms with E-state index in [0.29, 0.717) is 0 Å². The Bertz CT molecular complexity index is 540. The summed E-state index contributed by atoms with van der Waals surface area (Å²) in [7, 11) is -3.78. The maximum Gasteiger partial charge on any atom is 0.433 e. The third kappa shape index (κ3) is 2.91. The summed E-state index contributed by atoms with van der Waals surface area (Å²) in [6.45, 7) is 0.567. The van der Waals surface area contributed by atoms with Gasteiger partial charge in [0.05, 0.1) is 5.69 Å². The second kappa shape index (κ2) is 4.88. The van der Waals surface area contributed by atoms with Gasteiger partial charge >= 0.3 is 7.75 Å². The summed E-state index contributed by atoms with van der Waals surface area (Å²) in [5.74, 6) is -0.618. The summed E-state index contributed by atoms with van der Waals surface area (Å²) >= 11 is 0. The van der Waals surface area contributed by atoms with Gasteiger partial charge in [-0.3, -0.25) is 24.2 Å². The predicted octanol–water partition coefficient (Wildman–Crippen LogP) is 2.43. The van der Waals surface area contributed by atoms with Crippen molar-refractivity contribution >= 4 is 13.4 Å². The standard InChI is InChI=1S/C10H12FN2O5P/c1-10(13(14)15)6-17-19(16,18-7-10)12-9-5-3-2-4-8(9)11/h2-5H,6-7H2,1H3,(H,12,16). The van der Waals surface area contributed by atoms with Gasteiger partial charge in [0.25, 0.3) is 5.54 Å². The smallest absolute Gasteiger partial charge is 0.290 e. The Labute approximate surface area is 108 Å². The molecule has 0 spiro atoms. The molecule has 0 saturated carbocycles. The Balaban J connectivity index is 2.09. The van der Waals surface area contributed by atoms with Gasteiger partial charge in [-0.2, -0.15) is 0 Å². The first-order chi connectivity index (χ1) is 8.85. The zero-order chi connectivity index (χ0) is 14.1. The molecule has 7 nitrogen and oxygen atoms in total. The van der Waals surface area contributed by atoms with Gasteiger partial charge in [0.2, 0.25) is 0 Å². The van der Waals surface area contributed by atoms with E-state index in [1.807, 2.05) is 0 Å². The summed E-state index contributed by atoms with van der Waals surface area (Å²) in [6.07, 6.45) is 0. The fraction of sp³-hybridized carbons (Fsp3) is 0.400. The average molecular weight is 290 g/mol. The molecule has 1 fully saturated rings. The predicted molar refractivity (Wildman–Crippen MR) is 64.9 cm³/mol.